The minimum Gasteiger partial charge on any atom is -0.347 e. The summed E-state index contributed by atoms with van der Waals surface area (Å²) in [6.07, 6.45) is 3.34. The molecule has 2 N–H and O–H groups in total. The lowest BCUT2D eigenvalue weighted by atomic mass is 10.1. The molecule has 3 rings (SSSR count). The number of H-pyrrole nitrogens is 1. The van der Waals surface area contributed by atoms with Gasteiger partial charge in [0.25, 0.3) is 5.91 Å². The molecule has 0 atom stereocenters. The van der Waals surface area contributed by atoms with Gasteiger partial charge in [0.1, 0.15) is 0 Å². The van der Waals surface area contributed by atoms with Crippen LogP contribution in [0, 0.1) is 0 Å². The van der Waals surface area contributed by atoms with Gasteiger partial charge < -0.3 is 5.32 Å². The highest BCUT2D eigenvalue weighted by Gasteiger charge is 2.09. The van der Waals surface area contributed by atoms with Gasteiger partial charge in [-0.25, -0.2) is 0 Å². The lowest BCUT2D eigenvalue weighted by Crippen LogP contribution is -2.23. The van der Waals surface area contributed by atoms with Crippen molar-refractivity contribution >= 4 is 16.8 Å². The number of nitrogens with zero attached hydrogens (tertiary/aromatic N) is 4. The Hall–Kier alpha value is -2.70. The first-order chi connectivity index (χ1) is 9.22. The molecule has 0 aliphatic rings. The highest BCUT2D eigenvalue weighted by molar-refractivity contribution is 5.91. The Balaban J connectivity index is 1.70. The molecule has 1 aromatic carbocycles. The first-order valence-electron chi connectivity index (χ1n) is 5.79. The van der Waals surface area contributed by atoms with Crippen LogP contribution in [0.1, 0.15) is 16.1 Å². The van der Waals surface area contributed by atoms with Gasteiger partial charge in [0.05, 0.1) is 17.9 Å². The van der Waals surface area contributed by atoms with Crippen LogP contribution >= 0.6 is 0 Å². The number of aromatic nitrogens is 5. The van der Waals surface area contributed by atoms with E-state index in [2.05, 4.69) is 25.8 Å². The first-order valence-corrected chi connectivity index (χ1v) is 5.79. The monoisotopic (exact) mass is 256 g/mol. The first kappa shape index (κ1) is 11.4. The normalized spacial score (nSPS) is 10.8. The molecule has 0 radical (unpaired) electrons. The zero-order valence-electron chi connectivity index (χ0n) is 10.3. The fourth-order valence-electron chi connectivity index (χ4n) is 1.82. The Bertz CT molecular complexity index is 728. The van der Waals surface area contributed by atoms with E-state index in [9.17, 15) is 4.79 Å². The molecule has 0 saturated carbocycles. The van der Waals surface area contributed by atoms with Crippen LogP contribution in [-0.2, 0) is 13.6 Å². The SMILES string of the molecule is Cn1cc(C(=O)NCc2ccc3cn[nH]c3c2)nn1. The van der Waals surface area contributed by atoms with Gasteiger partial charge in [-0.1, -0.05) is 17.3 Å². The van der Waals surface area contributed by atoms with Crippen LogP contribution < -0.4 is 5.32 Å². The standard InChI is InChI=1S/C12H12N6O/c1-18-7-11(16-17-18)12(19)13-5-8-2-3-9-6-14-15-10(9)4-8/h2-4,6-7H,5H2,1H3,(H,13,19)(H,14,15). The highest BCUT2D eigenvalue weighted by Crippen LogP contribution is 2.12. The predicted octanol–water partition coefficient (Wildman–Crippen LogP) is 0.621. The molecular formula is C12H12N6O. The van der Waals surface area contributed by atoms with Gasteiger partial charge >= 0.3 is 0 Å². The Morgan fingerprint density at radius 3 is 3.16 bits per heavy atom. The summed E-state index contributed by atoms with van der Waals surface area (Å²) in [4.78, 5) is 11.8. The maximum atomic E-state index is 11.8. The van der Waals surface area contributed by atoms with Gasteiger partial charge in [-0.2, -0.15) is 5.10 Å². The van der Waals surface area contributed by atoms with Crippen LogP contribution in [0.25, 0.3) is 10.9 Å². The lowest BCUT2D eigenvalue weighted by Gasteiger charge is -2.03. The van der Waals surface area contributed by atoms with Gasteiger partial charge in [-0.3, -0.25) is 14.6 Å². The molecule has 2 aromatic heterocycles. The van der Waals surface area contributed by atoms with E-state index in [0.29, 0.717) is 12.2 Å². The second-order valence-corrected chi connectivity index (χ2v) is 4.25. The molecule has 0 unspecified atom stereocenters. The number of hydrogen-bond acceptors (Lipinski definition) is 4. The summed E-state index contributed by atoms with van der Waals surface area (Å²) in [5, 5.41) is 18.2. The summed E-state index contributed by atoms with van der Waals surface area (Å²) in [6, 6.07) is 5.87. The fraction of sp³-hybridized carbons (Fsp3) is 0.167. The Labute approximate surface area is 108 Å². The smallest absolute Gasteiger partial charge is 0.273 e. The number of fused-ring (bicyclic) bond motifs is 1. The van der Waals surface area contributed by atoms with Crippen molar-refractivity contribution in [3.8, 4) is 0 Å². The zero-order chi connectivity index (χ0) is 13.2. The number of aryl methyl sites for hydroxylation is 1. The van der Waals surface area contributed by atoms with Gasteiger partial charge in [-0.15, -0.1) is 5.10 Å². The van der Waals surface area contributed by atoms with Crippen LogP contribution in [-0.4, -0.2) is 31.1 Å². The quantitative estimate of drug-likeness (QED) is 0.719. The van der Waals surface area contributed by atoms with E-state index in [0.717, 1.165) is 16.5 Å². The van der Waals surface area contributed by atoms with E-state index >= 15 is 0 Å². The van der Waals surface area contributed by atoms with Crippen molar-refractivity contribution in [2.24, 2.45) is 7.05 Å². The summed E-state index contributed by atoms with van der Waals surface area (Å²) in [5.41, 5.74) is 2.25. The Morgan fingerprint density at radius 1 is 1.47 bits per heavy atom. The Kier molecular flexibility index (Phi) is 2.71. The number of carbonyl (C=O) groups is 1. The summed E-state index contributed by atoms with van der Waals surface area (Å²) < 4.78 is 1.49. The van der Waals surface area contributed by atoms with E-state index in [1.807, 2.05) is 18.2 Å². The minimum absolute atomic E-state index is 0.238. The fourth-order valence-corrected chi connectivity index (χ4v) is 1.82. The molecule has 0 fully saturated rings. The molecule has 19 heavy (non-hydrogen) atoms. The van der Waals surface area contributed by atoms with Crippen molar-refractivity contribution in [2.45, 2.75) is 6.54 Å². The second kappa shape index (κ2) is 4.52. The summed E-state index contributed by atoms with van der Waals surface area (Å²) >= 11 is 0. The predicted molar refractivity (Wildman–Crippen MR) is 68.3 cm³/mol. The number of nitrogens with one attached hydrogen (secondary N) is 2. The summed E-state index contributed by atoms with van der Waals surface area (Å²) in [7, 11) is 1.72. The maximum Gasteiger partial charge on any atom is 0.273 e. The minimum atomic E-state index is -0.238. The van der Waals surface area contributed by atoms with Crippen LogP contribution in [0.2, 0.25) is 0 Å². The molecule has 0 aliphatic heterocycles. The number of hydrogen-bond donors (Lipinski definition) is 2. The number of amides is 1. The van der Waals surface area contributed by atoms with E-state index in [1.54, 1.807) is 19.4 Å². The lowest BCUT2D eigenvalue weighted by molar-refractivity contribution is 0.0946. The highest BCUT2D eigenvalue weighted by atomic mass is 16.2. The molecule has 7 heteroatoms. The molecule has 7 nitrogen and oxygen atoms in total. The molecular weight excluding hydrogens is 244 g/mol. The van der Waals surface area contributed by atoms with Crippen molar-refractivity contribution in [2.75, 3.05) is 0 Å². The number of aromatic amines is 1. The van der Waals surface area contributed by atoms with Crippen molar-refractivity contribution in [1.29, 1.82) is 0 Å². The molecule has 96 valence electrons. The Morgan fingerprint density at radius 2 is 2.37 bits per heavy atom. The average molecular weight is 256 g/mol. The average Bonchev–Trinajstić information content (AvgIpc) is 3.03. The maximum absolute atomic E-state index is 11.8. The third-order valence-corrected chi connectivity index (χ3v) is 2.79. The van der Waals surface area contributed by atoms with Crippen molar-refractivity contribution in [3.05, 3.63) is 41.9 Å². The topological polar surface area (TPSA) is 88.5 Å². The van der Waals surface area contributed by atoms with Crippen LogP contribution in [0.5, 0.6) is 0 Å². The third-order valence-electron chi connectivity index (χ3n) is 2.79. The summed E-state index contributed by atoms with van der Waals surface area (Å²) in [5.74, 6) is -0.238. The van der Waals surface area contributed by atoms with E-state index in [4.69, 9.17) is 0 Å². The number of carbonyl (C=O) groups excluding carboxylic acids is 1. The third kappa shape index (κ3) is 2.30. The number of rotatable bonds is 3. The van der Waals surface area contributed by atoms with Crippen LogP contribution in [0.4, 0.5) is 0 Å². The van der Waals surface area contributed by atoms with Crippen LogP contribution in [0.3, 0.4) is 0 Å². The van der Waals surface area contributed by atoms with Gasteiger partial charge in [0, 0.05) is 19.0 Å². The molecule has 1 amide bonds. The van der Waals surface area contributed by atoms with Crippen molar-refractivity contribution < 1.29 is 4.79 Å². The van der Waals surface area contributed by atoms with Gasteiger partial charge in [0.2, 0.25) is 0 Å². The molecule has 3 aromatic rings. The van der Waals surface area contributed by atoms with E-state index in [-0.39, 0.29) is 5.91 Å². The molecule has 0 bridgehead atoms. The summed E-state index contributed by atoms with van der Waals surface area (Å²) in [6.45, 7) is 0.435. The second-order valence-electron chi connectivity index (χ2n) is 4.25. The van der Waals surface area contributed by atoms with E-state index < -0.39 is 0 Å². The number of benzene rings is 1. The van der Waals surface area contributed by atoms with Crippen molar-refractivity contribution in [1.82, 2.24) is 30.5 Å². The van der Waals surface area contributed by atoms with Crippen molar-refractivity contribution in [3.63, 3.8) is 0 Å². The molecule has 0 saturated heterocycles. The zero-order valence-corrected chi connectivity index (χ0v) is 10.3. The molecule has 2 heterocycles. The van der Waals surface area contributed by atoms with Crippen LogP contribution in [0.15, 0.2) is 30.6 Å². The molecule has 0 aliphatic carbocycles. The molecule has 0 spiro atoms. The van der Waals surface area contributed by atoms with Gasteiger partial charge in [-0.05, 0) is 11.6 Å². The van der Waals surface area contributed by atoms with E-state index in [1.165, 1.54) is 4.68 Å². The van der Waals surface area contributed by atoms with Gasteiger partial charge in [0.15, 0.2) is 5.69 Å². The largest absolute Gasteiger partial charge is 0.347 e.